The average molecular weight is 349 g/mol. The van der Waals surface area contributed by atoms with Gasteiger partial charge < -0.3 is 20.3 Å². The highest BCUT2D eigenvalue weighted by molar-refractivity contribution is 5.94. The van der Waals surface area contributed by atoms with E-state index in [0.29, 0.717) is 30.5 Å². The number of rotatable bonds is 5. The first-order valence-corrected chi connectivity index (χ1v) is 8.78. The predicted octanol–water partition coefficient (Wildman–Crippen LogP) is 1.62. The molecule has 0 radical (unpaired) electrons. The smallest absolute Gasteiger partial charge is 0.317 e. The lowest BCUT2D eigenvalue weighted by molar-refractivity contribution is 0.0953. The van der Waals surface area contributed by atoms with Crippen LogP contribution in [0.5, 0.6) is 0 Å². The van der Waals surface area contributed by atoms with Crippen molar-refractivity contribution in [3.63, 3.8) is 0 Å². The Morgan fingerprint density at radius 3 is 2.60 bits per heavy atom. The summed E-state index contributed by atoms with van der Waals surface area (Å²) < 4.78 is 18.3. The molecule has 2 saturated heterocycles. The Labute approximate surface area is 146 Å². The van der Waals surface area contributed by atoms with Gasteiger partial charge in [0.2, 0.25) is 0 Å². The Balaban J connectivity index is 1.34. The fourth-order valence-electron chi connectivity index (χ4n) is 3.44. The van der Waals surface area contributed by atoms with Crippen molar-refractivity contribution in [1.29, 1.82) is 0 Å². The number of likely N-dealkylation sites (tertiary alicyclic amines) is 1. The molecule has 0 bridgehead atoms. The maximum absolute atomic E-state index is 12.8. The van der Waals surface area contributed by atoms with Crippen LogP contribution in [0.2, 0.25) is 0 Å². The molecule has 1 aromatic carbocycles. The largest absolute Gasteiger partial charge is 0.381 e. The number of carbonyl (C=O) groups is 2. The normalized spacial score (nSPS) is 22.8. The summed E-state index contributed by atoms with van der Waals surface area (Å²) in [6.45, 7) is 3.89. The standard InChI is InChI=1S/C18H24FN3O3/c19-16-3-1-13(2-4-16)17(23)20-7-8-21-18(24)22-9-5-14(11-22)15-6-10-25-12-15/h1-4,14-15H,5-12H2,(H,20,23)(H,21,24)/t14-,15+/m1/s1. The van der Waals surface area contributed by atoms with E-state index >= 15 is 0 Å². The average Bonchev–Trinajstić information content (AvgIpc) is 3.29. The van der Waals surface area contributed by atoms with E-state index in [2.05, 4.69) is 10.6 Å². The van der Waals surface area contributed by atoms with Crippen molar-refractivity contribution < 1.29 is 18.7 Å². The minimum Gasteiger partial charge on any atom is -0.381 e. The van der Waals surface area contributed by atoms with E-state index in [4.69, 9.17) is 4.74 Å². The second-order valence-electron chi connectivity index (χ2n) is 6.61. The molecule has 2 heterocycles. The first-order valence-electron chi connectivity index (χ1n) is 8.78. The lowest BCUT2D eigenvalue weighted by Crippen LogP contribution is -2.42. The van der Waals surface area contributed by atoms with Gasteiger partial charge in [-0.3, -0.25) is 4.79 Å². The Kier molecular flexibility index (Phi) is 5.86. The quantitative estimate of drug-likeness (QED) is 0.794. The minimum atomic E-state index is -0.378. The topological polar surface area (TPSA) is 70.7 Å². The first-order chi connectivity index (χ1) is 12.1. The van der Waals surface area contributed by atoms with Gasteiger partial charge in [-0.25, -0.2) is 9.18 Å². The van der Waals surface area contributed by atoms with E-state index in [1.165, 1.54) is 24.3 Å². The Bertz CT molecular complexity index is 602. The molecule has 3 amide bonds. The SMILES string of the molecule is O=C(NCCNC(=O)N1CC[C@@H]([C@H]2CCOC2)C1)c1ccc(F)cc1. The predicted molar refractivity (Wildman–Crippen MR) is 90.7 cm³/mol. The monoisotopic (exact) mass is 349 g/mol. The van der Waals surface area contributed by atoms with Crippen LogP contribution in [-0.4, -0.2) is 56.2 Å². The molecule has 0 aliphatic carbocycles. The Morgan fingerprint density at radius 1 is 1.12 bits per heavy atom. The molecule has 0 saturated carbocycles. The summed E-state index contributed by atoms with van der Waals surface area (Å²) in [6, 6.07) is 5.27. The maximum Gasteiger partial charge on any atom is 0.317 e. The third-order valence-electron chi connectivity index (χ3n) is 4.94. The van der Waals surface area contributed by atoms with Gasteiger partial charge in [0, 0.05) is 45.0 Å². The fourth-order valence-corrected chi connectivity index (χ4v) is 3.44. The van der Waals surface area contributed by atoms with Crippen LogP contribution < -0.4 is 10.6 Å². The van der Waals surface area contributed by atoms with Crippen molar-refractivity contribution >= 4 is 11.9 Å². The van der Waals surface area contributed by atoms with Crippen LogP contribution >= 0.6 is 0 Å². The van der Waals surface area contributed by atoms with Gasteiger partial charge in [0.05, 0.1) is 0 Å². The zero-order chi connectivity index (χ0) is 17.6. The first kappa shape index (κ1) is 17.7. The van der Waals surface area contributed by atoms with Crippen LogP contribution in [0.3, 0.4) is 0 Å². The lowest BCUT2D eigenvalue weighted by Gasteiger charge is -2.19. The Hall–Kier alpha value is -2.15. The van der Waals surface area contributed by atoms with E-state index in [9.17, 15) is 14.0 Å². The number of benzene rings is 1. The van der Waals surface area contributed by atoms with E-state index in [1.54, 1.807) is 0 Å². The van der Waals surface area contributed by atoms with Crippen LogP contribution in [0.15, 0.2) is 24.3 Å². The van der Waals surface area contributed by atoms with Gasteiger partial charge in [0.1, 0.15) is 5.82 Å². The molecule has 25 heavy (non-hydrogen) atoms. The number of ether oxygens (including phenoxy) is 1. The third-order valence-corrected chi connectivity index (χ3v) is 4.94. The van der Waals surface area contributed by atoms with Gasteiger partial charge in [-0.15, -0.1) is 0 Å². The molecule has 2 fully saturated rings. The number of nitrogens with zero attached hydrogens (tertiary/aromatic N) is 1. The molecule has 1 aromatic rings. The molecule has 7 heteroatoms. The van der Waals surface area contributed by atoms with Gasteiger partial charge in [-0.1, -0.05) is 0 Å². The molecule has 0 spiro atoms. The van der Waals surface area contributed by atoms with Crippen molar-refractivity contribution in [2.45, 2.75) is 12.8 Å². The summed E-state index contributed by atoms with van der Waals surface area (Å²) >= 11 is 0. The second-order valence-corrected chi connectivity index (χ2v) is 6.61. The number of urea groups is 1. The maximum atomic E-state index is 12.8. The van der Waals surface area contributed by atoms with Gasteiger partial charge in [-0.2, -0.15) is 0 Å². The molecule has 0 aromatic heterocycles. The molecule has 0 unspecified atom stereocenters. The summed E-state index contributed by atoms with van der Waals surface area (Å²) in [7, 11) is 0. The number of amides is 3. The summed E-state index contributed by atoms with van der Waals surface area (Å²) in [5.74, 6) is 0.452. The number of carbonyl (C=O) groups excluding carboxylic acids is 2. The lowest BCUT2D eigenvalue weighted by atomic mass is 9.91. The van der Waals surface area contributed by atoms with Crippen molar-refractivity contribution in [2.75, 3.05) is 39.4 Å². The minimum absolute atomic E-state index is 0.0857. The van der Waals surface area contributed by atoms with E-state index < -0.39 is 0 Å². The van der Waals surface area contributed by atoms with Gasteiger partial charge in [0.15, 0.2) is 0 Å². The van der Waals surface area contributed by atoms with Gasteiger partial charge >= 0.3 is 6.03 Å². The molecule has 2 atom stereocenters. The van der Waals surface area contributed by atoms with Gasteiger partial charge in [-0.05, 0) is 48.9 Å². The number of hydrogen-bond acceptors (Lipinski definition) is 3. The van der Waals surface area contributed by atoms with Crippen LogP contribution in [0.25, 0.3) is 0 Å². The third kappa shape index (κ3) is 4.69. The number of nitrogens with one attached hydrogen (secondary N) is 2. The number of hydrogen-bond donors (Lipinski definition) is 2. The molecule has 3 rings (SSSR count). The van der Waals surface area contributed by atoms with E-state index in [0.717, 1.165) is 39.1 Å². The number of halogens is 1. The molecule has 2 aliphatic heterocycles. The molecule has 2 aliphatic rings. The van der Waals surface area contributed by atoms with Crippen molar-refractivity contribution in [3.8, 4) is 0 Å². The highest BCUT2D eigenvalue weighted by atomic mass is 19.1. The van der Waals surface area contributed by atoms with Crippen LogP contribution in [0.4, 0.5) is 9.18 Å². The van der Waals surface area contributed by atoms with E-state index in [-0.39, 0.29) is 17.8 Å². The molecule has 6 nitrogen and oxygen atoms in total. The molecule has 2 N–H and O–H groups in total. The van der Waals surface area contributed by atoms with Crippen LogP contribution in [0, 0.1) is 17.7 Å². The fraction of sp³-hybridized carbons (Fsp3) is 0.556. The van der Waals surface area contributed by atoms with Crippen molar-refractivity contribution in [2.24, 2.45) is 11.8 Å². The van der Waals surface area contributed by atoms with Crippen LogP contribution in [-0.2, 0) is 4.74 Å². The van der Waals surface area contributed by atoms with Crippen molar-refractivity contribution in [3.05, 3.63) is 35.6 Å². The second kappa shape index (κ2) is 8.29. The van der Waals surface area contributed by atoms with Crippen LogP contribution in [0.1, 0.15) is 23.2 Å². The highest BCUT2D eigenvalue weighted by Crippen LogP contribution is 2.29. The zero-order valence-electron chi connectivity index (χ0n) is 14.2. The molecule has 136 valence electrons. The van der Waals surface area contributed by atoms with Gasteiger partial charge in [0.25, 0.3) is 5.91 Å². The zero-order valence-corrected chi connectivity index (χ0v) is 14.2. The summed E-state index contributed by atoms with van der Waals surface area (Å²) in [5, 5.41) is 5.54. The highest BCUT2D eigenvalue weighted by Gasteiger charge is 2.33. The van der Waals surface area contributed by atoms with E-state index in [1.807, 2.05) is 4.90 Å². The summed E-state index contributed by atoms with van der Waals surface area (Å²) in [5.41, 5.74) is 0.397. The molecular weight excluding hydrogens is 325 g/mol. The molecular formula is C18H24FN3O3. The summed E-state index contributed by atoms with van der Waals surface area (Å²) in [4.78, 5) is 25.9. The Morgan fingerprint density at radius 2 is 1.88 bits per heavy atom. The van der Waals surface area contributed by atoms with Crippen molar-refractivity contribution in [1.82, 2.24) is 15.5 Å². The summed E-state index contributed by atoms with van der Waals surface area (Å²) in [6.07, 6.45) is 2.12.